The van der Waals surface area contributed by atoms with Gasteiger partial charge in [-0.05, 0) is 31.6 Å². The molecule has 0 spiro atoms. The van der Waals surface area contributed by atoms with Gasteiger partial charge in [-0.3, -0.25) is 0 Å². The van der Waals surface area contributed by atoms with Crippen molar-refractivity contribution in [2.45, 2.75) is 43.9 Å². The van der Waals surface area contributed by atoms with E-state index in [9.17, 15) is 0 Å². The van der Waals surface area contributed by atoms with Gasteiger partial charge in [0.2, 0.25) is 0 Å². The van der Waals surface area contributed by atoms with E-state index in [2.05, 4.69) is 18.5 Å². The molecular weight excluding hydrogens is 214 g/mol. The fourth-order valence-electron chi connectivity index (χ4n) is 1.94. The highest BCUT2D eigenvalue weighted by molar-refractivity contribution is 7.99. The molecule has 0 aromatic heterocycles. The van der Waals surface area contributed by atoms with Crippen LogP contribution in [0.4, 0.5) is 0 Å². The van der Waals surface area contributed by atoms with Crippen LogP contribution in [0.5, 0.6) is 0 Å². The highest BCUT2D eigenvalue weighted by atomic mass is 35.5. The molecule has 0 aliphatic heterocycles. The number of nitrogens with one attached hydrogen (secondary N) is 1. The summed E-state index contributed by atoms with van der Waals surface area (Å²) in [6, 6.07) is 0.685. The number of hydrogen-bond acceptors (Lipinski definition) is 2. The van der Waals surface area contributed by atoms with Gasteiger partial charge in [0.05, 0.1) is 0 Å². The third kappa shape index (κ3) is 3.84. The normalized spacial score (nSPS) is 29.2. The zero-order valence-corrected chi connectivity index (χ0v) is 10.6. The summed E-state index contributed by atoms with van der Waals surface area (Å²) in [6.07, 6.45) is 7.67. The lowest BCUT2D eigenvalue weighted by molar-refractivity contribution is 0.394. The lowest BCUT2D eigenvalue weighted by Crippen LogP contribution is -2.41. The molecule has 1 rings (SSSR count). The van der Waals surface area contributed by atoms with Gasteiger partial charge in [-0.15, -0.1) is 0 Å². The molecule has 0 amide bonds. The third-order valence-electron chi connectivity index (χ3n) is 2.83. The first kappa shape index (κ1) is 12.4. The van der Waals surface area contributed by atoms with Crippen molar-refractivity contribution in [1.29, 1.82) is 0 Å². The molecule has 1 N–H and O–H groups in total. The summed E-state index contributed by atoms with van der Waals surface area (Å²) in [7, 11) is 0. The summed E-state index contributed by atoms with van der Waals surface area (Å²) in [4.78, 5) is 0. The first-order valence-corrected chi connectivity index (χ1v) is 7.02. The van der Waals surface area contributed by atoms with Crippen molar-refractivity contribution in [2.75, 3.05) is 12.8 Å². The Balaban J connectivity index is 2.33. The van der Waals surface area contributed by atoms with Crippen LogP contribution < -0.4 is 5.32 Å². The van der Waals surface area contributed by atoms with Gasteiger partial charge < -0.3 is 5.32 Å². The second kappa shape index (κ2) is 6.76. The molecule has 1 nitrogen and oxygen atoms in total. The number of rotatable bonds is 4. The van der Waals surface area contributed by atoms with Gasteiger partial charge in [0, 0.05) is 23.4 Å². The van der Waals surface area contributed by atoms with Gasteiger partial charge in [0.25, 0.3) is 0 Å². The molecule has 0 aromatic rings. The van der Waals surface area contributed by atoms with Crippen LogP contribution in [0.3, 0.4) is 0 Å². The highest BCUT2D eigenvalue weighted by Gasteiger charge is 2.23. The fraction of sp³-hybridized carbons (Fsp3) is 0.818. The zero-order chi connectivity index (χ0) is 10.4. The Morgan fingerprint density at radius 2 is 2.21 bits per heavy atom. The first-order chi connectivity index (χ1) is 6.77. The standard InChI is InChI=1S/C11H20ClNS/c1-9(7-12)8-13-10-5-3-4-6-11(10)14-2/h7,10-11,13H,3-6,8H2,1-2H3. The second-order valence-electron chi connectivity index (χ2n) is 4.00. The Hall–Kier alpha value is 0.340. The van der Waals surface area contributed by atoms with Gasteiger partial charge in [-0.1, -0.05) is 24.4 Å². The van der Waals surface area contributed by atoms with Crippen LogP contribution in [0, 0.1) is 0 Å². The zero-order valence-electron chi connectivity index (χ0n) is 9.05. The summed E-state index contributed by atoms with van der Waals surface area (Å²) < 4.78 is 0. The van der Waals surface area contributed by atoms with E-state index in [1.165, 1.54) is 31.3 Å². The molecule has 0 heterocycles. The van der Waals surface area contributed by atoms with E-state index < -0.39 is 0 Å². The van der Waals surface area contributed by atoms with Gasteiger partial charge in [-0.25, -0.2) is 0 Å². The fourth-order valence-corrected chi connectivity index (χ4v) is 2.98. The quantitative estimate of drug-likeness (QED) is 0.799. The van der Waals surface area contributed by atoms with Crippen LogP contribution in [0.1, 0.15) is 32.6 Å². The van der Waals surface area contributed by atoms with Gasteiger partial charge in [0.1, 0.15) is 0 Å². The SMILES string of the molecule is CSC1CCCCC1NCC(C)=CCl. The van der Waals surface area contributed by atoms with Gasteiger partial charge >= 0.3 is 0 Å². The van der Waals surface area contributed by atoms with Crippen LogP contribution in [-0.2, 0) is 0 Å². The monoisotopic (exact) mass is 233 g/mol. The van der Waals surface area contributed by atoms with Crippen molar-refractivity contribution < 1.29 is 0 Å². The Kier molecular flexibility index (Phi) is 5.99. The molecular formula is C11H20ClNS. The lowest BCUT2D eigenvalue weighted by Gasteiger charge is -2.31. The molecule has 0 radical (unpaired) electrons. The van der Waals surface area contributed by atoms with Crippen molar-refractivity contribution in [3.63, 3.8) is 0 Å². The van der Waals surface area contributed by atoms with Crippen LogP contribution in [0.2, 0.25) is 0 Å². The maximum atomic E-state index is 5.63. The molecule has 3 heteroatoms. The van der Waals surface area contributed by atoms with E-state index in [-0.39, 0.29) is 0 Å². The highest BCUT2D eigenvalue weighted by Crippen LogP contribution is 2.27. The van der Waals surface area contributed by atoms with E-state index in [1.54, 1.807) is 5.54 Å². The largest absolute Gasteiger partial charge is 0.309 e. The Bertz CT molecular complexity index is 194. The van der Waals surface area contributed by atoms with Gasteiger partial charge in [0.15, 0.2) is 0 Å². The molecule has 1 aliphatic carbocycles. The summed E-state index contributed by atoms with van der Waals surface area (Å²) in [5.74, 6) is 0. The number of halogens is 1. The Morgan fingerprint density at radius 3 is 2.86 bits per heavy atom. The minimum Gasteiger partial charge on any atom is -0.309 e. The van der Waals surface area contributed by atoms with E-state index in [0.717, 1.165) is 11.8 Å². The molecule has 82 valence electrons. The summed E-state index contributed by atoms with van der Waals surface area (Å²) >= 11 is 7.63. The van der Waals surface area contributed by atoms with E-state index in [1.807, 2.05) is 11.8 Å². The van der Waals surface area contributed by atoms with Crippen LogP contribution >= 0.6 is 23.4 Å². The minimum atomic E-state index is 0.685. The minimum absolute atomic E-state index is 0.685. The molecule has 2 unspecified atom stereocenters. The van der Waals surface area contributed by atoms with Crippen molar-refractivity contribution in [3.05, 3.63) is 11.1 Å². The molecule has 1 aliphatic rings. The summed E-state index contributed by atoms with van der Waals surface area (Å²) in [6.45, 7) is 3.00. The van der Waals surface area contributed by atoms with Crippen molar-refractivity contribution in [1.82, 2.24) is 5.32 Å². The lowest BCUT2D eigenvalue weighted by atomic mass is 9.95. The Morgan fingerprint density at radius 1 is 1.50 bits per heavy atom. The smallest absolute Gasteiger partial charge is 0.0198 e. The molecule has 0 bridgehead atoms. The molecule has 2 atom stereocenters. The van der Waals surface area contributed by atoms with Crippen molar-refractivity contribution >= 4 is 23.4 Å². The van der Waals surface area contributed by atoms with Crippen molar-refractivity contribution in [2.24, 2.45) is 0 Å². The van der Waals surface area contributed by atoms with Crippen LogP contribution in [0.25, 0.3) is 0 Å². The topological polar surface area (TPSA) is 12.0 Å². The molecule has 1 saturated carbocycles. The van der Waals surface area contributed by atoms with Gasteiger partial charge in [-0.2, -0.15) is 11.8 Å². The molecule has 0 saturated heterocycles. The second-order valence-corrected chi connectivity index (χ2v) is 5.30. The van der Waals surface area contributed by atoms with E-state index >= 15 is 0 Å². The molecule has 14 heavy (non-hydrogen) atoms. The molecule has 1 fully saturated rings. The summed E-state index contributed by atoms with van der Waals surface area (Å²) in [5, 5.41) is 4.40. The predicted molar refractivity (Wildman–Crippen MR) is 67.2 cm³/mol. The molecule has 0 aromatic carbocycles. The van der Waals surface area contributed by atoms with Crippen LogP contribution in [-0.4, -0.2) is 24.1 Å². The number of hydrogen-bond donors (Lipinski definition) is 1. The van der Waals surface area contributed by atoms with Crippen LogP contribution in [0.15, 0.2) is 11.1 Å². The maximum Gasteiger partial charge on any atom is 0.0198 e. The average molecular weight is 234 g/mol. The van der Waals surface area contributed by atoms with E-state index in [4.69, 9.17) is 11.6 Å². The summed E-state index contributed by atoms with van der Waals surface area (Å²) in [5.41, 5.74) is 2.89. The van der Waals surface area contributed by atoms with E-state index in [0.29, 0.717) is 6.04 Å². The number of thioether (sulfide) groups is 1. The maximum absolute atomic E-state index is 5.63. The predicted octanol–water partition coefficient (Wildman–Crippen LogP) is 3.39. The third-order valence-corrected chi connectivity index (χ3v) is 4.38. The average Bonchev–Trinajstić information content (AvgIpc) is 2.26. The first-order valence-electron chi connectivity index (χ1n) is 5.30. The Labute approximate surface area is 96.7 Å². The van der Waals surface area contributed by atoms with Crippen molar-refractivity contribution in [3.8, 4) is 0 Å².